The van der Waals surface area contributed by atoms with Crippen LogP contribution in [-0.4, -0.2) is 23.2 Å². The van der Waals surface area contributed by atoms with Crippen LogP contribution in [0.15, 0.2) is 18.2 Å². The van der Waals surface area contributed by atoms with E-state index in [1.54, 1.807) is 0 Å². The number of nitrogens with one attached hydrogen (secondary N) is 1. The standard InChI is InChI=1S/C14H12F5NO3/c15-8-2-1-3-9(16)10(8)11(14(17,18)19)20-12(21)6-4-5-7(6)13(22)23/h1-3,6-7,11H,4-5H2,(H,20,21)(H,22,23). The number of carbonyl (C=O) groups is 2. The Kier molecular flexibility index (Phi) is 4.58. The fraction of sp³-hybridized carbons (Fsp3) is 0.429. The largest absolute Gasteiger partial charge is 0.481 e. The van der Waals surface area contributed by atoms with Crippen molar-refractivity contribution in [3.05, 3.63) is 35.4 Å². The van der Waals surface area contributed by atoms with E-state index in [0.717, 1.165) is 6.07 Å². The molecule has 4 nitrogen and oxygen atoms in total. The molecule has 0 bridgehead atoms. The quantitative estimate of drug-likeness (QED) is 0.831. The van der Waals surface area contributed by atoms with Crippen molar-refractivity contribution in [2.75, 3.05) is 0 Å². The SMILES string of the molecule is O=C(O)C1CCC1C(=O)NC(c1c(F)cccc1F)C(F)(F)F. The molecule has 0 heterocycles. The van der Waals surface area contributed by atoms with Crippen LogP contribution in [0.25, 0.3) is 0 Å². The zero-order valence-electron chi connectivity index (χ0n) is 11.5. The molecule has 23 heavy (non-hydrogen) atoms. The normalized spacial score (nSPS) is 22.1. The van der Waals surface area contributed by atoms with Gasteiger partial charge in [-0.3, -0.25) is 9.59 Å². The Morgan fingerprint density at radius 3 is 2.04 bits per heavy atom. The maximum absolute atomic E-state index is 13.6. The lowest BCUT2D eigenvalue weighted by molar-refractivity contribution is -0.169. The van der Waals surface area contributed by atoms with Crippen LogP contribution in [0, 0.1) is 23.5 Å². The number of hydrogen-bond acceptors (Lipinski definition) is 2. The molecular weight excluding hydrogens is 325 g/mol. The lowest BCUT2D eigenvalue weighted by atomic mass is 9.73. The van der Waals surface area contributed by atoms with Gasteiger partial charge in [0.2, 0.25) is 5.91 Å². The van der Waals surface area contributed by atoms with Gasteiger partial charge >= 0.3 is 12.1 Å². The molecule has 0 saturated heterocycles. The number of amides is 1. The molecule has 9 heteroatoms. The van der Waals surface area contributed by atoms with Crippen molar-refractivity contribution in [3.8, 4) is 0 Å². The van der Waals surface area contributed by atoms with Gasteiger partial charge in [0.1, 0.15) is 11.6 Å². The Hall–Kier alpha value is -2.19. The van der Waals surface area contributed by atoms with Crippen LogP contribution >= 0.6 is 0 Å². The minimum absolute atomic E-state index is 0.104. The minimum atomic E-state index is -5.14. The predicted octanol–water partition coefficient (Wildman–Crippen LogP) is 2.80. The summed E-state index contributed by atoms with van der Waals surface area (Å²) in [7, 11) is 0. The van der Waals surface area contributed by atoms with Crippen LogP contribution in [0.4, 0.5) is 22.0 Å². The fourth-order valence-corrected chi connectivity index (χ4v) is 2.46. The molecule has 0 radical (unpaired) electrons. The van der Waals surface area contributed by atoms with Crippen molar-refractivity contribution in [2.24, 2.45) is 11.8 Å². The van der Waals surface area contributed by atoms with Gasteiger partial charge in [-0.1, -0.05) is 6.07 Å². The van der Waals surface area contributed by atoms with Gasteiger partial charge in [0.25, 0.3) is 0 Å². The first-order chi connectivity index (χ1) is 10.6. The van der Waals surface area contributed by atoms with Crippen LogP contribution in [0.2, 0.25) is 0 Å². The zero-order chi connectivity index (χ0) is 17.4. The maximum Gasteiger partial charge on any atom is 0.413 e. The number of carbonyl (C=O) groups excluding carboxylic acids is 1. The van der Waals surface area contributed by atoms with E-state index in [1.165, 1.54) is 5.32 Å². The second-order valence-electron chi connectivity index (χ2n) is 5.25. The number of hydrogen-bond donors (Lipinski definition) is 2. The van der Waals surface area contributed by atoms with Crippen LogP contribution in [0.1, 0.15) is 24.4 Å². The third kappa shape index (κ3) is 3.43. The number of carboxylic acids is 1. The van der Waals surface area contributed by atoms with E-state index in [4.69, 9.17) is 5.11 Å². The fourth-order valence-electron chi connectivity index (χ4n) is 2.46. The Bertz CT molecular complexity index is 611. The molecular formula is C14H12F5NO3. The Morgan fingerprint density at radius 1 is 1.13 bits per heavy atom. The van der Waals surface area contributed by atoms with Crippen molar-refractivity contribution in [2.45, 2.75) is 25.1 Å². The van der Waals surface area contributed by atoms with Gasteiger partial charge in [-0.25, -0.2) is 8.78 Å². The lowest BCUT2D eigenvalue weighted by Crippen LogP contribution is -2.48. The highest BCUT2D eigenvalue weighted by molar-refractivity contribution is 5.86. The first-order valence-electron chi connectivity index (χ1n) is 6.66. The average Bonchev–Trinajstić information content (AvgIpc) is 2.33. The first kappa shape index (κ1) is 17.2. The Balaban J connectivity index is 2.28. The first-order valence-corrected chi connectivity index (χ1v) is 6.66. The van der Waals surface area contributed by atoms with Crippen LogP contribution < -0.4 is 5.32 Å². The van der Waals surface area contributed by atoms with Gasteiger partial charge in [-0.2, -0.15) is 13.2 Å². The molecule has 0 aromatic heterocycles. The third-order valence-corrected chi connectivity index (χ3v) is 3.83. The summed E-state index contributed by atoms with van der Waals surface area (Å²) in [5.74, 6) is -7.61. The number of carboxylic acid groups (broad SMARTS) is 1. The molecule has 3 unspecified atom stereocenters. The second-order valence-corrected chi connectivity index (χ2v) is 5.25. The molecule has 2 rings (SSSR count). The topological polar surface area (TPSA) is 66.4 Å². The summed E-state index contributed by atoms with van der Waals surface area (Å²) in [5.41, 5.74) is -1.32. The second kappa shape index (κ2) is 6.13. The molecule has 1 aromatic carbocycles. The maximum atomic E-state index is 13.6. The predicted molar refractivity (Wildman–Crippen MR) is 67.1 cm³/mol. The Morgan fingerprint density at radius 2 is 1.65 bits per heavy atom. The molecule has 1 aliphatic rings. The summed E-state index contributed by atoms with van der Waals surface area (Å²) >= 11 is 0. The molecule has 1 amide bonds. The Labute approximate surface area is 127 Å². The molecule has 1 aliphatic carbocycles. The average molecular weight is 337 g/mol. The molecule has 126 valence electrons. The van der Waals surface area contributed by atoms with Crippen molar-refractivity contribution >= 4 is 11.9 Å². The number of alkyl halides is 3. The molecule has 3 atom stereocenters. The van der Waals surface area contributed by atoms with Crippen molar-refractivity contribution in [1.29, 1.82) is 0 Å². The summed E-state index contributed by atoms with van der Waals surface area (Å²) in [6, 6.07) is -0.693. The van der Waals surface area contributed by atoms with Gasteiger partial charge in [0.15, 0.2) is 6.04 Å². The minimum Gasteiger partial charge on any atom is -0.481 e. The monoisotopic (exact) mass is 337 g/mol. The molecule has 1 aromatic rings. The van der Waals surface area contributed by atoms with E-state index < -0.39 is 53.1 Å². The van der Waals surface area contributed by atoms with Gasteiger partial charge in [0.05, 0.1) is 17.4 Å². The summed E-state index contributed by atoms with van der Waals surface area (Å²) in [6.45, 7) is 0. The van der Waals surface area contributed by atoms with Crippen molar-refractivity contribution in [3.63, 3.8) is 0 Å². The highest BCUT2D eigenvalue weighted by atomic mass is 19.4. The van der Waals surface area contributed by atoms with Crippen molar-refractivity contribution in [1.82, 2.24) is 5.32 Å². The van der Waals surface area contributed by atoms with E-state index in [9.17, 15) is 31.5 Å². The number of aliphatic carboxylic acids is 1. The van der Waals surface area contributed by atoms with Crippen LogP contribution in [0.3, 0.4) is 0 Å². The van der Waals surface area contributed by atoms with Gasteiger partial charge in [0, 0.05) is 0 Å². The van der Waals surface area contributed by atoms with E-state index in [2.05, 4.69) is 0 Å². The molecule has 0 aliphatic heterocycles. The summed E-state index contributed by atoms with van der Waals surface area (Å²) in [6.07, 6.45) is -4.87. The highest BCUT2D eigenvalue weighted by Crippen LogP contribution is 2.38. The smallest absolute Gasteiger partial charge is 0.413 e. The van der Waals surface area contributed by atoms with Gasteiger partial charge in [-0.15, -0.1) is 0 Å². The van der Waals surface area contributed by atoms with Gasteiger partial charge in [-0.05, 0) is 25.0 Å². The molecule has 0 spiro atoms. The van der Waals surface area contributed by atoms with E-state index in [1.807, 2.05) is 0 Å². The van der Waals surface area contributed by atoms with E-state index in [0.29, 0.717) is 12.1 Å². The molecule has 1 fully saturated rings. The van der Waals surface area contributed by atoms with E-state index >= 15 is 0 Å². The summed E-state index contributed by atoms with van der Waals surface area (Å²) < 4.78 is 66.5. The summed E-state index contributed by atoms with van der Waals surface area (Å²) in [5, 5.41) is 10.4. The third-order valence-electron chi connectivity index (χ3n) is 3.83. The van der Waals surface area contributed by atoms with Crippen LogP contribution in [-0.2, 0) is 9.59 Å². The lowest BCUT2D eigenvalue weighted by Gasteiger charge is -2.34. The molecule has 1 saturated carbocycles. The number of rotatable bonds is 4. The zero-order valence-corrected chi connectivity index (χ0v) is 11.5. The van der Waals surface area contributed by atoms with Gasteiger partial charge < -0.3 is 10.4 Å². The van der Waals surface area contributed by atoms with Crippen LogP contribution in [0.5, 0.6) is 0 Å². The molecule has 2 N–H and O–H groups in total. The van der Waals surface area contributed by atoms with E-state index in [-0.39, 0.29) is 12.8 Å². The number of halogens is 5. The van der Waals surface area contributed by atoms with Crippen molar-refractivity contribution < 1.29 is 36.6 Å². The number of benzene rings is 1. The highest BCUT2D eigenvalue weighted by Gasteiger charge is 2.48. The summed E-state index contributed by atoms with van der Waals surface area (Å²) in [4.78, 5) is 22.7.